The quantitative estimate of drug-likeness (QED) is 0.688. The van der Waals surface area contributed by atoms with Crippen LogP contribution in [-0.2, 0) is 4.74 Å². The van der Waals surface area contributed by atoms with Crippen molar-refractivity contribution in [3.63, 3.8) is 0 Å². The van der Waals surface area contributed by atoms with Gasteiger partial charge in [0.25, 0.3) is 0 Å². The van der Waals surface area contributed by atoms with Crippen molar-refractivity contribution in [2.75, 3.05) is 33.9 Å². The molecule has 3 heteroatoms. The molecule has 0 heterocycles. The van der Waals surface area contributed by atoms with Crippen molar-refractivity contribution >= 4 is 0 Å². The molecule has 100 valence electrons. The Kier molecular flexibility index (Phi) is 5.26. The Balaban J connectivity index is 1.58. The number of hydrogen-bond donors (Lipinski definition) is 1. The molecule has 3 nitrogen and oxygen atoms in total. The van der Waals surface area contributed by atoms with E-state index in [-0.39, 0.29) is 0 Å². The summed E-state index contributed by atoms with van der Waals surface area (Å²) in [6.45, 7) is 3.00. The minimum Gasteiger partial charge on any atom is -0.380 e. The summed E-state index contributed by atoms with van der Waals surface area (Å²) in [5, 5.41) is 3.42. The van der Waals surface area contributed by atoms with Gasteiger partial charge in [-0.3, -0.25) is 0 Å². The summed E-state index contributed by atoms with van der Waals surface area (Å²) in [6, 6.07) is 1.48. The van der Waals surface area contributed by atoms with Crippen molar-refractivity contribution in [1.82, 2.24) is 10.2 Å². The predicted octanol–water partition coefficient (Wildman–Crippen LogP) is 1.88. The number of nitrogens with zero attached hydrogens (tertiary/aromatic N) is 1. The Labute approximate surface area is 106 Å². The zero-order valence-electron chi connectivity index (χ0n) is 11.5. The summed E-state index contributed by atoms with van der Waals surface area (Å²) >= 11 is 0. The summed E-state index contributed by atoms with van der Waals surface area (Å²) in [5.74, 6) is 0.892. The summed E-state index contributed by atoms with van der Waals surface area (Å²) in [5.41, 5.74) is 0. The molecule has 2 aliphatic carbocycles. The van der Waals surface area contributed by atoms with Gasteiger partial charge in [-0.15, -0.1) is 0 Å². The smallest absolute Gasteiger partial charge is 0.0593 e. The van der Waals surface area contributed by atoms with Crippen LogP contribution in [0.3, 0.4) is 0 Å². The van der Waals surface area contributed by atoms with Crippen molar-refractivity contribution < 1.29 is 4.74 Å². The largest absolute Gasteiger partial charge is 0.380 e. The molecular formula is C14H28N2O. The van der Waals surface area contributed by atoms with Gasteiger partial charge in [0.05, 0.1) is 6.61 Å². The zero-order valence-corrected chi connectivity index (χ0v) is 11.5. The van der Waals surface area contributed by atoms with Crippen LogP contribution in [0.1, 0.15) is 38.5 Å². The van der Waals surface area contributed by atoms with E-state index in [1.807, 2.05) is 0 Å². The molecule has 0 spiro atoms. The average molecular weight is 240 g/mol. The first-order chi connectivity index (χ1) is 8.29. The highest BCUT2D eigenvalue weighted by molar-refractivity contribution is 4.82. The second-order valence-corrected chi connectivity index (χ2v) is 5.80. The second kappa shape index (κ2) is 6.72. The summed E-state index contributed by atoms with van der Waals surface area (Å²) in [7, 11) is 4.34. The summed E-state index contributed by atoms with van der Waals surface area (Å²) in [4.78, 5) is 2.50. The minimum absolute atomic E-state index is 0.726. The molecule has 0 aromatic heterocycles. The number of rotatable bonds is 7. The summed E-state index contributed by atoms with van der Waals surface area (Å²) < 4.78 is 5.71. The third-order valence-corrected chi connectivity index (χ3v) is 4.32. The predicted molar refractivity (Wildman–Crippen MR) is 71.3 cm³/mol. The molecule has 0 bridgehead atoms. The van der Waals surface area contributed by atoms with Gasteiger partial charge >= 0.3 is 0 Å². The van der Waals surface area contributed by atoms with Gasteiger partial charge in [-0.1, -0.05) is 6.42 Å². The number of nitrogens with one attached hydrogen (secondary N) is 1. The van der Waals surface area contributed by atoms with Gasteiger partial charge in [0, 0.05) is 25.2 Å². The van der Waals surface area contributed by atoms with Gasteiger partial charge in [0.1, 0.15) is 0 Å². The van der Waals surface area contributed by atoms with Gasteiger partial charge in [-0.2, -0.15) is 0 Å². The van der Waals surface area contributed by atoms with Crippen LogP contribution in [0.2, 0.25) is 0 Å². The summed E-state index contributed by atoms with van der Waals surface area (Å²) in [6.07, 6.45) is 8.15. The van der Waals surface area contributed by atoms with Crippen molar-refractivity contribution in [2.24, 2.45) is 5.92 Å². The fourth-order valence-corrected chi connectivity index (χ4v) is 2.75. The average Bonchev–Trinajstić information content (AvgIpc) is 3.18. The van der Waals surface area contributed by atoms with E-state index in [1.165, 1.54) is 38.5 Å². The van der Waals surface area contributed by atoms with Gasteiger partial charge in [0.15, 0.2) is 0 Å². The van der Waals surface area contributed by atoms with Crippen LogP contribution < -0.4 is 5.32 Å². The van der Waals surface area contributed by atoms with Crippen LogP contribution in [-0.4, -0.2) is 50.8 Å². The normalized spacial score (nSPS) is 29.8. The maximum Gasteiger partial charge on any atom is 0.0593 e. The van der Waals surface area contributed by atoms with E-state index in [0.717, 1.165) is 37.8 Å². The number of ether oxygens (including phenoxy) is 1. The van der Waals surface area contributed by atoms with Crippen molar-refractivity contribution in [2.45, 2.75) is 50.6 Å². The van der Waals surface area contributed by atoms with Crippen LogP contribution in [0.15, 0.2) is 0 Å². The highest BCUT2D eigenvalue weighted by Gasteiger charge is 2.24. The molecule has 17 heavy (non-hydrogen) atoms. The molecule has 0 aromatic rings. The lowest BCUT2D eigenvalue weighted by molar-refractivity contribution is 0.0806. The molecule has 0 aromatic carbocycles. The highest BCUT2D eigenvalue weighted by Crippen LogP contribution is 2.28. The molecule has 2 aliphatic rings. The van der Waals surface area contributed by atoms with Crippen LogP contribution in [0, 0.1) is 5.92 Å². The van der Waals surface area contributed by atoms with E-state index >= 15 is 0 Å². The fraction of sp³-hybridized carbons (Fsp3) is 1.00. The van der Waals surface area contributed by atoms with E-state index in [0.29, 0.717) is 0 Å². The molecule has 0 aliphatic heterocycles. The molecule has 0 amide bonds. The highest BCUT2D eigenvalue weighted by atomic mass is 16.5. The number of hydrogen-bond acceptors (Lipinski definition) is 3. The van der Waals surface area contributed by atoms with E-state index in [1.54, 1.807) is 0 Å². The topological polar surface area (TPSA) is 24.5 Å². The second-order valence-electron chi connectivity index (χ2n) is 5.80. The van der Waals surface area contributed by atoms with Crippen LogP contribution in [0.25, 0.3) is 0 Å². The standard InChI is InChI=1S/C14H28N2O/c1-15-13-4-3-5-14(10-13)16(2)8-9-17-11-12-6-7-12/h12-15H,3-11H2,1-2H3. The Hall–Kier alpha value is -0.120. The first-order valence-electron chi connectivity index (χ1n) is 7.25. The molecule has 0 radical (unpaired) electrons. The fourth-order valence-electron chi connectivity index (χ4n) is 2.75. The van der Waals surface area contributed by atoms with Gasteiger partial charge in [-0.25, -0.2) is 0 Å². The molecule has 2 saturated carbocycles. The van der Waals surface area contributed by atoms with Crippen LogP contribution >= 0.6 is 0 Å². The van der Waals surface area contributed by atoms with Gasteiger partial charge in [0.2, 0.25) is 0 Å². The lowest BCUT2D eigenvalue weighted by atomic mass is 9.90. The van der Waals surface area contributed by atoms with E-state index in [9.17, 15) is 0 Å². The Morgan fingerprint density at radius 2 is 2.06 bits per heavy atom. The molecular weight excluding hydrogens is 212 g/mol. The van der Waals surface area contributed by atoms with Crippen molar-refractivity contribution in [3.8, 4) is 0 Å². The van der Waals surface area contributed by atoms with Gasteiger partial charge < -0.3 is 15.0 Å². The Bertz CT molecular complexity index is 218. The number of likely N-dealkylation sites (N-methyl/N-ethyl adjacent to an activating group) is 1. The Morgan fingerprint density at radius 1 is 1.24 bits per heavy atom. The first-order valence-corrected chi connectivity index (χ1v) is 7.25. The lowest BCUT2D eigenvalue weighted by Crippen LogP contribution is -2.42. The maximum absolute atomic E-state index is 5.71. The van der Waals surface area contributed by atoms with Crippen molar-refractivity contribution in [3.05, 3.63) is 0 Å². The lowest BCUT2D eigenvalue weighted by Gasteiger charge is -2.35. The maximum atomic E-state index is 5.71. The SMILES string of the molecule is CNC1CCCC(N(C)CCOCC2CC2)C1. The monoisotopic (exact) mass is 240 g/mol. The van der Waals surface area contributed by atoms with E-state index in [4.69, 9.17) is 4.74 Å². The minimum atomic E-state index is 0.726. The van der Waals surface area contributed by atoms with Gasteiger partial charge in [-0.05, 0) is 52.1 Å². The van der Waals surface area contributed by atoms with Crippen LogP contribution in [0.4, 0.5) is 0 Å². The first kappa shape index (κ1) is 13.3. The van der Waals surface area contributed by atoms with Crippen LogP contribution in [0.5, 0.6) is 0 Å². The van der Waals surface area contributed by atoms with E-state index < -0.39 is 0 Å². The molecule has 2 rings (SSSR count). The third kappa shape index (κ3) is 4.57. The Morgan fingerprint density at radius 3 is 2.76 bits per heavy atom. The molecule has 1 N–H and O–H groups in total. The zero-order chi connectivity index (χ0) is 12.1. The molecule has 0 saturated heterocycles. The molecule has 2 unspecified atom stereocenters. The molecule has 2 fully saturated rings. The molecule has 2 atom stereocenters. The van der Waals surface area contributed by atoms with E-state index in [2.05, 4.69) is 24.3 Å². The van der Waals surface area contributed by atoms with Crippen molar-refractivity contribution in [1.29, 1.82) is 0 Å². The third-order valence-electron chi connectivity index (χ3n) is 4.32.